The second-order valence-corrected chi connectivity index (χ2v) is 5.81. The number of ether oxygens (including phenoxy) is 1. The Morgan fingerprint density at radius 1 is 1.31 bits per heavy atom. The van der Waals surface area contributed by atoms with E-state index in [-0.39, 0.29) is 18.4 Å². The Morgan fingerprint density at radius 3 is 2.19 bits per heavy atom. The molecule has 1 fully saturated rings. The van der Waals surface area contributed by atoms with Crippen molar-refractivity contribution in [2.24, 2.45) is 0 Å². The maximum atomic E-state index is 11.4. The molecule has 6 heteroatoms. The summed E-state index contributed by atoms with van der Waals surface area (Å²) in [7, 11) is -4.40. The van der Waals surface area contributed by atoms with Crippen molar-refractivity contribution in [2.75, 3.05) is 0 Å². The Labute approximate surface area is 95.2 Å². The minimum atomic E-state index is -4.40. The largest absolute Gasteiger partial charge is 0.437 e. The third-order valence-electron chi connectivity index (χ3n) is 2.71. The summed E-state index contributed by atoms with van der Waals surface area (Å²) in [5.74, 6) is -0.778. The summed E-state index contributed by atoms with van der Waals surface area (Å²) >= 11 is 0. The predicted molar refractivity (Wildman–Crippen MR) is 58.3 cm³/mol. The summed E-state index contributed by atoms with van der Waals surface area (Å²) in [5.41, 5.74) is 0.119. The maximum absolute atomic E-state index is 11.4. The van der Waals surface area contributed by atoms with Gasteiger partial charge in [0.25, 0.3) is 0 Å². The van der Waals surface area contributed by atoms with Crippen LogP contribution in [0.3, 0.4) is 0 Å². The number of esters is 1. The predicted octanol–water partition coefficient (Wildman–Crippen LogP) is 1.65. The molecule has 5 nitrogen and oxygen atoms in total. The quantitative estimate of drug-likeness (QED) is 0.466. The molecule has 0 aromatic rings. The molecule has 0 unspecified atom stereocenters. The fourth-order valence-electron chi connectivity index (χ4n) is 1.76. The molecule has 0 heterocycles. The molecule has 0 radical (unpaired) electrons. The zero-order chi connectivity index (χ0) is 12.4. The number of rotatable bonds is 3. The van der Waals surface area contributed by atoms with E-state index in [9.17, 15) is 17.8 Å². The van der Waals surface area contributed by atoms with Crippen LogP contribution < -0.4 is 0 Å². The van der Waals surface area contributed by atoms with Crippen molar-refractivity contribution >= 4 is 16.1 Å². The molecule has 1 saturated carbocycles. The Hall–Kier alpha value is -0.880. The minimum absolute atomic E-state index is 0.119. The van der Waals surface area contributed by atoms with Gasteiger partial charge in [0.2, 0.25) is 4.93 Å². The molecular formula is C10H16O5S. The van der Waals surface area contributed by atoms with Gasteiger partial charge in [0.1, 0.15) is 0 Å². The van der Waals surface area contributed by atoms with Crippen LogP contribution in [0.5, 0.6) is 0 Å². The molecule has 0 spiro atoms. The van der Waals surface area contributed by atoms with Gasteiger partial charge < -0.3 is 4.74 Å². The van der Waals surface area contributed by atoms with Crippen LogP contribution in [0, 0.1) is 0 Å². The molecule has 16 heavy (non-hydrogen) atoms. The van der Waals surface area contributed by atoms with Crippen molar-refractivity contribution in [3.63, 3.8) is 0 Å². The van der Waals surface area contributed by atoms with E-state index in [1.165, 1.54) is 6.92 Å². The molecule has 92 valence electrons. The van der Waals surface area contributed by atoms with Gasteiger partial charge in [-0.2, -0.15) is 8.42 Å². The molecule has 0 amide bonds. The fourth-order valence-corrected chi connectivity index (χ4v) is 2.74. The van der Waals surface area contributed by atoms with E-state index in [4.69, 9.17) is 4.74 Å². The summed E-state index contributed by atoms with van der Waals surface area (Å²) in [4.78, 5) is 9.60. The molecule has 0 aliphatic heterocycles. The van der Waals surface area contributed by atoms with E-state index in [0.29, 0.717) is 12.8 Å². The molecule has 0 saturated heterocycles. The third-order valence-corrected chi connectivity index (χ3v) is 4.14. The monoisotopic (exact) mass is 248 g/mol. The van der Waals surface area contributed by atoms with Crippen molar-refractivity contribution in [3.8, 4) is 0 Å². The van der Waals surface area contributed by atoms with Crippen LogP contribution in [0.1, 0.15) is 39.0 Å². The van der Waals surface area contributed by atoms with E-state index in [1.807, 2.05) is 0 Å². The van der Waals surface area contributed by atoms with Crippen LogP contribution in [0.25, 0.3) is 0 Å². The van der Waals surface area contributed by atoms with Gasteiger partial charge >= 0.3 is 16.1 Å². The first-order valence-electron chi connectivity index (χ1n) is 5.14. The summed E-state index contributed by atoms with van der Waals surface area (Å²) in [6.07, 6.45) is 2.39. The Kier molecular flexibility index (Phi) is 3.75. The van der Waals surface area contributed by atoms with Crippen LogP contribution >= 0.6 is 0 Å². The van der Waals surface area contributed by atoms with Crippen LogP contribution in [0.4, 0.5) is 0 Å². The Bertz CT molecular complexity index is 389. The first kappa shape index (κ1) is 13.2. The molecular weight excluding hydrogens is 232 g/mol. The highest BCUT2D eigenvalue weighted by molar-refractivity contribution is 7.87. The second-order valence-electron chi connectivity index (χ2n) is 4.12. The Balaban J connectivity index is 2.96. The molecule has 1 rings (SSSR count). The number of carbonyl (C=O) groups excluding carboxylic acids is 1. The zero-order valence-electron chi connectivity index (χ0n) is 9.23. The van der Waals surface area contributed by atoms with E-state index in [1.54, 1.807) is 0 Å². The topological polar surface area (TPSA) is 80.7 Å². The number of hydrogen-bond acceptors (Lipinski definition) is 4. The zero-order valence-corrected chi connectivity index (χ0v) is 10.0. The smallest absolute Gasteiger partial charge is 0.334 e. The molecule has 0 bridgehead atoms. The van der Waals surface area contributed by atoms with Crippen molar-refractivity contribution in [1.82, 2.24) is 0 Å². The van der Waals surface area contributed by atoms with E-state index in [0.717, 1.165) is 6.42 Å². The highest BCUT2D eigenvalue weighted by atomic mass is 32.2. The van der Waals surface area contributed by atoms with Gasteiger partial charge in [-0.3, -0.25) is 4.55 Å². The Morgan fingerprint density at radius 2 is 1.81 bits per heavy atom. The molecule has 1 N–H and O–H groups in total. The van der Waals surface area contributed by atoms with Gasteiger partial charge in [0, 0.05) is 18.4 Å². The van der Waals surface area contributed by atoms with Crippen LogP contribution in [0.2, 0.25) is 0 Å². The highest BCUT2D eigenvalue weighted by Gasteiger charge is 2.47. The molecule has 0 atom stereocenters. The minimum Gasteiger partial charge on any atom is -0.437 e. The van der Waals surface area contributed by atoms with Crippen LogP contribution in [0.15, 0.2) is 12.2 Å². The normalized spacial score (nSPS) is 20.1. The van der Waals surface area contributed by atoms with Gasteiger partial charge in [-0.1, -0.05) is 13.0 Å². The van der Waals surface area contributed by atoms with Gasteiger partial charge in [0.15, 0.2) is 0 Å². The summed E-state index contributed by atoms with van der Waals surface area (Å²) < 4.78 is 36.7. The van der Waals surface area contributed by atoms with Gasteiger partial charge in [-0.15, -0.1) is 0 Å². The van der Waals surface area contributed by atoms with Gasteiger partial charge in [-0.25, -0.2) is 4.79 Å². The first-order chi connectivity index (χ1) is 7.28. The van der Waals surface area contributed by atoms with Gasteiger partial charge in [0.05, 0.1) is 0 Å². The van der Waals surface area contributed by atoms with Gasteiger partial charge in [-0.05, 0) is 19.8 Å². The van der Waals surface area contributed by atoms with E-state index < -0.39 is 21.0 Å². The van der Waals surface area contributed by atoms with Crippen molar-refractivity contribution in [3.05, 3.63) is 12.2 Å². The maximum Gasteiger partial charge on any atom is 0.334 e. The fraction of sp³-hybridized carbons (Fsp3) is 0.700. The number of carbonyl (C=O) groups is 1. The average molecular weight is 248 g/mol. The SMILES string of the molecule is C=C(C)C(=O)OC1(S(=O)(=O)O)CCCCC1. The average Bonchev–Trinajstić information content (AvgIpc) is 2.17. The first-order valence-corrected chi connectivity index (χ1v) is 6.58. The molecule has 1 aliphatic carbocycles. The van der Waals surface area contributed by atoms with Crippen LogP contribution in [-0.4, -0.2) is 23.9 Å². The summed E-state index contributed by atoms with van der Waals surface area (Å²) in [6.45, 7) is 4.82. The van der Waals surface area contributed by atoms with Crippen molar-refractivity contribution < 1.29 is 22.5 Å². The van der Waals surface area contributed by atoms with E-state index >= 15 is 0 Å². The van der Waals surface area contributed by atoms with Crippen molar-refractivity contribution in [1.29, 1.82) is 0 Å². The second kappa shape index (κ2) is 4.55. The highest BCUT2D eigenvalue weighted by Crippen LogP contribution is 2.36. The molecule has 1 aliphatic rings. The standard InChI is InChI=1S/C10H16O5S/c1-8(2)9(11)15-10(16(12,13)14)6-4-3-5-7-10/h1,3-7H2,2H3,(H,12,13,14). The molecule has 0 aromatic heterocycles. The lowest BCUT2D eigenvalue weighted by Gasteiger charge is -2.33. The van der Waals surface area contributed by atoms with E-state index in [2.05, 4.69) is 6.58 Å². The third kappa shape index (κ3) is 2.62. The lowest BCUT2D eigenvalue weighted by Crippen LogP contribution is -2.44. The van der Waals surface area contributed by atoms with Crippen LogP contribution in [-0.2, 0) is 19.6 Å². The lowest BCUT2D eigenvalue weighted by atomic mass is 9.97. The summed E-state index contributed by atoms with van der Waals surface area (Å²) in [5, 5.41) is 0. The number of hydrogen-bond donors (Lipinski definition) is 1. The molecule has 0 aromatic carbocycles. The van der Waals surface area contributed by atoms with Crippen molar-refractivity contribution in [2.45, 2.75) is 44.0 Å². The lowest BCUT2D eigenvalue weighted by molar-refractivity contribution is -0.149. The summed E-state index contributed by atoms with van der Waals surface area (Å²) in [6, 6.07) is 0.